The predicted molar refractivity (Wildman–Crippen MR) is 101 cm³/mol. The molecule has 2 unspecified atom stereocenters. The van der Waals surface area contributed by atoms with Gasteiger partial charge in [0.15, 0.2) is 0 Å². The number of hydrogen-bond donors (Lipinski definition) is 3. The van der Waals surface area contributed by atoms with E-state index in [9.17, 15) is 15.0 Å². The van der Waals surface area contributed by atoms with Crippen LogP contribution in [-0.2, 0) is 4.79 Å². The molecule has 24 heavy (non-hydrogen) atoms. The van der Waals surface area contributed by atoms with Crippen molar-refractivity contribution in [3.63, 3.8) is 0 Å². The summed E-state index contributed by atoms with van der Waals surface area (Å²) in [6.45, 7) is 4.19. The molecule has 0 saturated heterocycles. The number of amides is 1. The molecule has 0 spiro atoms. The molecule has 0 fully saturated rings. The van der Waals surface area contributed by atoms with Gasteiger partial charge in [0.2, 0.25) is 5.91 Å². The fourth-order valence-corrected chi connectivity index (χ4v) is 2.94. The van der Waals surface area contributed by atoms with Crippen molar-refractivity contribution in [1.82, 2.24) is 5.32 Å². The van der Waals surface area contributed by atoms with Crippen LogP contribution < -0.4 is 5.32 Å². The van der Waals surface area contributed by atoms with Crippen LogP contribution in [0.3, 0.4) is 0 Å². The maximum Gasteiger partial charge on any atom is 0.220 e. The zero-order chi connectivity index (χ0) is 18.0. The van der Waals surface area contributed by atoms with Gasteiger partial charge in [-0.1, -0.05) is 84.5 Å². The van der Waals surface area contributed by atoms with Crippen LogP contribution in [0, 0.1) is 0 Å². The Bertz CT molecular complexity index is 284. The first kappa shape index (κ1) is 23.4. The molecule has 144 valence electrons. The Morgan fingerprint density at radius 2 is 1.33 bits per heavy atom. The van der Waals surface area contributed by atoms with Gasteiger partial charge in [0.1, 0.15) is 0 Å². The minimum atomic E-state index is -0.644. The Morgan fingerprint density at radius 1 is 0.833 bits per heavy atom. The topological polar surface area (TPSA) is 69.6 Å². The van der Waals surface area contributed by atoms with E-state index in [0.29, 0.717) is 12.8 Å². The van der Waals surface area contributed by atoms with Crippen LogP contribution in [-0.4, -0.2) is 34.9 Å². The second-order valence-electron chi connectivity index (χ2n) is 7.00. The Kier molecular flexibility index (Phi) is 16.8. The van der Waals surface area contributed by atoms with Crippen molar-refractivity contribution >= 4 is 5.91 Å². The smallest absolute Gasteiger partial charge is 0.220 e. The molecule has 0 bridgehead atoms. The van der Waals surface area contributed by atoms with E-state index in [2.05, 4.69) is 19.2 Å². The first-order valence-corrected chi connectivity index (χ1v) is 10.2. The summed E-state index contributed by atoms with van der Waals surface area (Å²) in [5, 5.41) is 22.3. The lowest BCUT2D eigenvalue weighted by molar-refractivity contribution is -0.123. The molecule has 4 heteroatoms. The normalized spacial score (nSPS) is 13.7. The maximum absolute atomic E-state index is 11.9. The van der Waals surface area contributed by atoms with Gasteiger partial charge in [0.05, 0.1) is 18.8 Å². The first-order chi connectivity index (χ1) is 11.7. The molecule has 3 N–H and O–H groups in total. The standard InChI is InChI=1S/C20H41NO3/c1-3-5-7-9-10-12-14-16-20(24)21-18(17-22)19(23)15-13-11-8-6-4-2/h18-19,22-23H,3-17H2,1-2H3,(H,21,24). The van der Waals surface area contributed by atoms with Gasteiger partial charge in [-0.25, -0.2) is 0 Å². The highest BCUT2D eigenvalue weighted by Gasteiger charge is 2.19. The van der Waals surface area contributed by atoms with Gasteiger partial charge in [-0.05, 0) is 12.8 Å². The lowest BCUT2D eigenvalue weighted by Gasteiger charge is -2.22. The number of carbonyl (C=O) groups is 1. The van der Waals surface area contributed by atoms with Crippen LogP contribution in [0.5, 0.6) is 0 Å². The number of carbonyl (C=O) groups excluding carboxylic acids is 1. The molecular formula is C20H41NO3. The fraction of sp³-hybridized carbons (Fsp3) is 0.950. The minimum Gasteiger partial charge on any atom is -0.394 e. The van der Waals surface area contributed by atoms with Crippen LogP contribution in [0.1, 0.15) is 104 Å². The van der Waals surface area contributed by atoms with Gasteiger partial charge in [-0.3, -0.25) is 4.79 Å². The van der Waals surface area contributed by atoms with Gasteiger partial charge in [-0.15, -0.1) is 0 Å². The van der Waals surface area contributed by atoms with E-state index in [1.165, 1.54) is 51.4 Å². The van der Waals surface area contributed by atoms with Crippen LogP contribution in [0.25, 0.3) is 0 Å². The van der Waals surface area contributed by atoms with Crippen molar-refractivity contribution < 1.29 is 15.0 Å². The number of hydrogen-bond acceptors (Lipinski definition) is 3. The zero-order valence-corrected chi connectivity index (χ0v) is 16.1. The summed E-state index contributed by atoms with van der Waals surface area (Å²) in [7, 11) is 0. The first-order valence-electron chi connectivity index (χ1n) is 10.2. The average Bonchev–Trinajstić information content (AvgIpc) is 2.58. The van der Waals surface area contributed by atoms with Crippen molar-refractivity contribution in [2.24, 2.45) is 0 Å². The van der Waals surface area contributed by atoms with Crippen LogP contribution >= 0.6 is 0 Å². The summed E-state index contributed by atoms with van der Waals surface area (Å²) in [5.41, 5.74) is 0. The molecule has 0 heterocycles. The molecule has 4 nitrogen and oxygen atoms in total. The van der Waals surface area contributed by atoms with E-state index in [4.69, 9.17) is 0 Å². The summed E-state index contributed by atoms with van der Waals surface area (Å²) in [4.78, 5) is 11.9. The van der Waals surface area contributed by atoms with E-state index >= 15 is 0 Å². The molecule has 0 rings (SSSR count). The largest absolute Gasteiger partial charge is 0.394 e. The highest BCUT2D eigenvalue weighted by Crippen LogP contribution is 2.11. The number of aliphatic hydroxyl groups is 2. The van der Waals surface area contributed by atoms with Crippen molar-refractivity contribution in [3.05, 3.63) is 0 Å². The van der Waals surface area contributed by atoms with Crippen molar-refractivity contribution in [1.29, 1.82) is 0 Å². The Hall–Kier alpha value is -0.610. The van der Waals surface area contributed by atoms with Crippen LogP contribution in [0.15, 0.2) is 0 Å². The highest BCUT2D eigenvalue weighted by molar-refractivity contribution is 5.76. The maximum atomic E-state index is 11.9. The van der Waals surface area contributed by atoms with Crippen molar-refractivity contribution in [2.45, 2.75) is 116 Å². The summed E-state index contributed by atoms with van der Waals surface area (Å²) >= 11 is 0. The number of rotatable bonds is 17. The van der Waals surface area contributed by atoms with E-state index in [1.54, 1.807) is 0 Å². The van der Waals surface area contributed by atoms with E-state index in [1.807, 2.05) is 0 Å². The van der Waals surface area contributed by atoms with E-state index in [-0.39, 0.29) is 12.5 Å². The molecule has 0 aromatic carbocycles. The Morgan fingerprint density at radius 3 is 1.88 bits per heavy atom. The van der Waals surface area contributed by atoms with Gasteiger partial charge in [0.25, 0.3) is 0 Å². The third kappa shape index (κ3) is 13.8. The summed E-state index contributed by atoms with van der Waals surface area (Å²) in [5.74, 6) is -0.0485. The zero-order valence-electron chi connectivity index (χ0n) is 16.1. The lowest BCUT2D eigenvalue weighted by atomic mass is 10.0. The van der Waals surface area contributed by atoms with Crippen molar-refractivity contribution in [3.8, 4) is 0 Å². The van der Waals surface area contributed by atoms with E-state index < -0.39 is 12.1 Å². The van der Waals surface area contributed by atoms with Gasteiger partial charge < -0.3 is 15.5 Å². The molecule has 0 radical (unpaired) electrons. The minimum absolute atomic E-state index is 0.0485. The second kappa shape index (κ2) is 17.2. The molecule has 2 atom stereocenters. The number of nitrogens with one attached hydrogen (secondary N) is 1. The third-order valence-corrected chi connectivity index (χ3v) is 4.62. The monoisotopic (exact) mass is 343 g/mol. The lowest BCUT2D eigenvalue weighted by Crippen LogP contribution is -2.45. The molecule has 0 aromatic rings. The van der Waals surface area contributed by atoms with Gasteiger partial charge in [0, 0.05) is 6.42 Å². The molecule has 0 aliphatic rings. The van der Waals surface area contributed by atoms with Gasteiger partial charge in [-0.2, -0.15) is 0 Å². The van der Waals surface area contributed by atoms with Crippen LogP contribution in [0.4, 0.5) is 0 Å². The quantitative estimate of drug-likeness (QED) is 0.344. The SMILES string of the molecule is CCCCCCCCCC(=O)NC(CO)C(O)CCCCCCC. The summed E-state index contributed by atoms with van der Waals surface area (Å²) < 4.78 is 0. The van der Waals surface area contributed by atoms with Crippen molar-refractivity contribution in [2.75, 3.05) is 6.61 Å². The fourth-order valence-electron chi connectivity index (χ4n) is 2.94. The molecule has 1 amide bonds. The predicted octanol–water partition coefficient (Wildman–Crippen LogP) is 4.33. The Balaban J connectivity index is 3.74. The molecule has 0 aliphatic heterocycles. The van der Waals surface area contributed by atoms with Gasteiger partial charge >= 0.3 is 0 Å². The summed E-state index contributed by atoms with van der Waals surface area (Å²) in [6.07, 6.45) is 14.4. The number of aliphatic hydroxyl groups excluding tert-OH is 2. The van der Waals surface area contributed by atoms with E-state index in [0.717, 1.165) is 25.7 Å². The molecular weight excluding hydrogens is 302 g/mol. The summed E-state index contributed by atoms with van der Waals surface area (Å²) in [6, 6.07) is -0.520. The molecule has 0 aromatic heterocycles. The second-order valence-corrected chi connectivity index (χ2v) is 7.00. The molecule has 0 saturated carbocycles. The van der Waals surface area contributed by atoms with Crippen LogP contribution in [0.2, 0.25) is 0 Å². The highest BCUT2D eigenvalue weighted by atomic mass is 16.3. The molecule has 0 aliphatic carbocycles. The Labute approximate surface area is 149 Å². The average molecular weight is 344 g/mol. The number of unbranched alkanes of at least 4 members (excludes halogenated alkanes) is 10. The third-order valence-electron chi connectivity index (χ3n) is 4.62.